The second-order valence-corrected chi connectivity index (χ2v) is 5.13. The lowest BCUT2D eigenvalue weighted by molar-refractivity contribution is -0.140. The third-order valence-corrected chi connectivity index (χ3v) is 2.67. The van der Waals surface area contributed by atoms with E-state index >= 15 is 0 Å². The summed E-state index contributed by atoms with van der Waals surface area (Å²) in [7, 11) is 0. The summed E-state index contributed by atoms with van der Waals surface area (Å²) in [5.41, 5.74) is 0.0218. The number of aliphatic hydroxyl groups is 1. The van der Waals surface area contributed by atoms with Gasteiger partial charge in [0.25, 0.3) is 0 Å². The summed E-state index contributed by atoms with van der Waals surface area (Å²) < 4.78 is 12.7. The zero-order chi connectivity index (χ0) is 15.2. The van der Waals surface area contributed by atoms with E-state index in [-0.39, 0.29) is 19.0 Å². The second kappa shape index (κ2) is 7.00. The van der Waals surface area contributed by atoms with E-state index in [1.54, 1.807) is 26.0 Å². The van der Waals surface area contributed by atoms with Gasteiger partial charge < -0.3 is 15.7 Å². The largest absolute Gasteiger partial charge is 0.394 e. The summed E-state index contributed by atoms with van der Waals surface area (Å²) in [6.45, 7) is 3.23. The second-order valence-electron chi connectivity index (χ2n) is 5.13. The van der Waals surface area contributed by atoms with Crippen molar-refractivity contribution in [1.29, 1.82) is 0 Å². The standard InChI is InChI=1S/C14H19FN2O3/c1-14(2,9-18)17-13(20)12(19)16-8-7-10-3-5-11(15)6-4-10/h3-6,18H,7-9H2,1-2H3,(H,16,19)(H,17,20). The van der Waals surface area contributed by atoms with E-state index < -0.39 is 17.4 Å². The van der Waals surface area contributed by atoms with Crippen molar-refractivity contribution in [3.8, 4) is 0 Å². The summed E-state index contributed by atoms with van der Waals surface area (Å²) in [5, 5.41) is 13.9. The average molecular weight is 282 g/mol. The van der Waals surface area contributed by atoms with Gasteiger partial charge in [0.2, 0.25) is 0 Å². The van der Waals surface area contributed by atoms with E-state index in [1.807, 2.05) is 0 Å². The van der Waals surface area contributed by atoms with Crippen molar-refractivity contribution < 1.29 is 19.1 Å². The number of nitrogens with one attached hydrogen (secondary N) is 2. The minimum atomic E-state index is -0.842. The number of benzene rings is 1. The maximum Gasteiger partial charge on any atom is 0.309 e. The molecule has 0 aliphatic carbocycles. The van der Waals surface area contributed by atoms with Gasteiger partial charge in [-0.15, -0.1) is 0 Å². The van der Waals surface area contributed by atoms with Crippen molar-refractivity contribution in [2.24, 2.45) is 0 Å². The molecule has 0 heterocycles. The van der Waals surface area contributed by atoms with Crippen LogP contribution in [-0.2, 0) is 16.0 Å². The smallest absolute Gasteiger partial charge is 0.309 e. The Morgan fingerprint density at radius 1 is 1.20 bits per heavy atom. The van der Waals surface area contributed by atoms with Crippen LogP contribution in [0, 0.1) is 5.82 Å². The van der Waals surface area contributed by atoms with Gasteiger partial charge in [0, 0.05) is 6.54 Å². The van der Waals surface area contributed by atoms with E-state index in [0.29, 0.717) is 6.42 Å². The molecular weight excluding hydrogens is 263 g/mol. The Balaban J connectivity index is 2.36. The molecule has 0 aliphatic heterocycles. The Hall–Kier alpha value is -1.95. The zero-order valence-electron chi connectivity index (χ0n) is 11.6. The molecule has 0 radical (unpaired) electrons. The van der Waals surface area contributed by atoms with E-state index in [9.17, 15) is 14.0 Å². The molecule has 2 amide bonds. The number of amides is 2. The molecule has 0 aromatic heterocycles. The van der Waals surface area contributed by atoms with Gasteiger partial charge >= 0.3 is 11.8 Å². The number of rotatable bonds is 5. The number of hydrogen-bond donors (Lipinski definition) is 3. The van der Waals surface area contributed by atoms with Gasteiger partial charge in [-0.05, 0) is 38.0 Å². The fourth-order valence-electron chi connectivity index (χ4n) is 1.46. The molecule has 5 nitrogen and oxygen atoms in total. The van der Waals surface area contributed by atoms with Crippen LogP contribution in [-0.4, -0.2) is 35.6 Å². The van der Waals surface area contributed by atoms with Crippen LogP contribution < -0.4 is 10.6 Å². The zero-order valence-corrected chi connectivity index (χ0v) is 11.6. The molecule has 0 unspecified atom stereocenters. The third-order valence-electron chi connectivity index (χ3n) is 2.67. The van der Waals surface area contributed by atoms with Gasteiger partial charge in [0.05, 0.1) is 12.1 Å². The van der Waals surface area contributed by atoms with Crippen molar-refractivity contribution in [3.63, 3.8) is 0 Å². The Morgan fingerprint density at radius 3 is 2.35 bits per heavy atom. The highest BCUT2D eigenvalue weighted by molar-refractivity contribution is 6.35. The molecule has 110 valence electrons. The van der Waals surface area contributed by atoms with Crippen molar-refractivity contribution in [1.82, 2.24) is 10.6 Å². The van der Waals surface area contributed by atoms with Crippen molar-refractivity contribution in [2.75, 3.05) is 13.2 Å². The van der Waals surface area contributed by atoms with Gasteiger partial charge in [-0.2, -0.15) is 0 Å². The van der Waals surface area contributed by atoms with Crippen molar-refractivity contribution in [3.05, 3.63) is 35.6 Å². The number of aliphatic hydroxyl groups excluding tert-OH is 1. The van der Waals surface area contributed by atoms with Gasteiger partial charge in [0.1, 0.15) is 5.82 Å². The molecule has 0 spiro atoms. The summed E-state index contributed by atoms with van der Waals surface area (Å²) in [5.74, 6) is -1.86. The van der Waals surface area contributed by atoms with Gasteiger partial charge in [-0.1, -0.05) is 12.1 Å². The molecule has 0 saturated heterocycles. The van der Waals surface area contributed by atoms with E-state index in [2.05, 4.69) is 10.6 Å². The van der Waals surface area contributed by atoms with Crippen LogP contribution in [0.2, 0.25) is 0 Å². The minimum Gasteiger partial charge on any atom is -0.394 e. The van der Waals surface area contributed by atoms with Crippen LogP contribution >= 0.6 is 0 Å². The summed E-state index contributed by atoms with van der Waals surface area (Å²) >= 11 is 0. The summed E-state index contributed by atoms with van der Waals surface area (Å²) in [6, 6.07) is 5.92. The first-order valence-electron chi connectivity index (χ1n) is 6.30. The van der Waals surface area contributed by atoms with Crippen LogP contribution in [0.25, 0.3) is 0 Å². The highest BCUT2D eigenvalue weighted by atomic mass is 19.1. The molecule has 0 fully saturated rings. The van der Waals surface area contributed by atoms with Gasteiger partial charge in [-0.3, -0.25) is 9.59 Å². The average Bonchev–Trinajstić information content (AvgIpc) is 2.40. The van der Waals surface area contributed by atoms with Gasteiger partial charge in [-0.25, -0.2) is 4.39 Å². The molecule has 20 heavy (non-hydrogen) atoms. The monoisotopic (exact) mass is 282 g/mol. The number of carbonyl (C=O) groups is 2. The van der Waals surface area contributed by atoms with Crippen molar-refractivity contribution >= 4 is 11.8 Å². The quantitative estimate of drug-likeness (QED) is 0.683. The predicted octanol–water partition coefficient (Wildman–Crippen LogP) is 0.371. The SMILES string of the molecule is CC(C)(CO)NC(=O)C(=O)NCCc1ccc(F)cc1. The molecule has 1 aromatic rings. The molecule has 1 aromatic carbocycles. The number of halogens is 1. The first-order chi connectivity index (χ1) is 9.34. The number of hydrogen-bond acceptors (Lipinski definition) is 3. The maximum absolute atomic E-state index is 12.7. The lowest BCUT2D eigenvalue weighted by Crippen LogP contribution is -2.51. The normalized spacial score (nSPS) is 11.0. The van der Waals surface area contributed by atoms with Crippen LogP contribution in [0.1, 0.15) is 19.4 Å². The minimum absolute atomic E-state index is 0.262. The van der Waals surface area contributed by atoms with E-state index in [0.717, 1.165) is 5.56 Å². The molecule has 0 bridgehead atoms. The van der Waals surface area contributed by atoms with Crippen molar-refractivity contribution in [2.45, 2.75) is 25.8 Å². The fourth-order valence-corrected chi connectivity index (χ4v) is 1.46. The topological polar surface area (TPSA) is 78.4 Å². The summed E-state index contributed by atoms with van der Waals surface area (Å²) in [4.78, 5) is 23.0. The molecule has 0 saturated carbocycles. The molecule has 1 rings (SSSR count). The van der Waals surface area contributed by atoms with E-state index in [4.69, 9.17) is 5.11 Å². The lowest BCUT2D eigenvalue weighted by atomic mass is 10.1. The Kier molecular flexibility index (Phi) is 5.64. The molecule has 3 N–H and O–H groups in total. The van der Waals surface area contributed by atoms with Gasteiger partial charge in [0.15, 0.2) is 0 Å². The molecule has 0 atom stereocenters. The number of carbonyl (C=O) groups excluding carboxylic acids is 2. The Labute approximate surface area is 117 Å². The van der Waals surface area contributed by atoms with Crippen LogP contribution in [0.4, 0.5) is 4.39 Å². The first-order valence-corrected chi connectivity index (χ1v) is 6.30. The third kappa shape index (κ3) is 5.36. The fraction of sp³-hybridized carbons (Fsp3) is 0.429. The highest BCUT2D eigenvalue weighted by Gasteiger charge is 2.23. The lowest BCUT2D eigenvalue weighted by Gasteiger charge is -2.22. The van der Waals surface area contributed by atoms with Crippen LogP contribution in [0.5, 0.6) is 0 Å². The van der Waals surface area contributed by atoms with E-state index in [1.165, 1.54) is 12.1 Å². The first kappa shape index (κ1) is 16.1. The maximum atomic E-state index is 12.7. The summed E-state index contributed by atoms with van der Waals surface area (Å²) in [6.07, 6.45) is 0.503. The van der Waals surface area contributed by atoms with Crippen LogP contribution in [0.15, 0.2) is 24.3 Å². The van der Waals surface area contributed by atoms with Crippen LogP contribution in [0.3, 0.4) is 0 Å². The Bertz CT molecular complexity index is 472. The Morgan fingerprint density at radius 2 is 1.80 bits per heavy atom. The molecule has 6 heteroatoms. The highest BCUT2D eigenvalue weighted by Crippen LogP contribution is 2.03. The molecular formula is C14H19FN2O3. The molecule has 0 aliphatic rings. The predicted molar refractivity (Wildman–Crippen MR) is 72.4 cm³/mol.